The third-order valence-electron chi connectivity index (χ3n) is 12.8. The molecule has 0 radical (unpaired) electrons. The van der Waals surface area contributed by atoms with Crippen molar-refractivity contribution in [2.75, 3.05) is 45.9 Å². The van der Waals surface area contributed by atoms with E-state index in [2.05, 4.69) is 26.6 Å². The minimum Gasteiger partial charge on any atom is -0.444 e. The molecular weight excluding hydrogens is 923 g/mol. The number of likely N-dealkylation sites (tertiary alicyclic amines) is 2. The monoisotopic (exact) mass is 1000 g/mol. The van der Waals surface area contributed by atoms with E-state index in [0.29, 0.717) is 65.0 Å². The van der Waals surface area contributed by atoms with Gasteiger partial charge in [-0.15, -0.1) is 0 Å². The highest BCUT2D eigenvalue weighted by Crippen LogP contribution is 2.40. The van der Waals surface area contributed by atoms with Crippen LogP contribution in [0.15, 0.2) is 60.7 Å². The number of rotatable bonds is 22. The van der Waals surface area contributed by atoms with Gasteiger partial charge in [0.25, 0.3) is 0 Å². The standard InChI is InChI=1S/C54H81N7O11/c1-37(2)31-41(57-47(64)42(32-38-19-11-9-12-20-38)58-48(65)43(33-39-21-13-10-14-22-39)59-51(68)72-53(6,7)8)46(63)56-40(23-15-17-27-55-50(67)71-52(3,4)5)49(66)60-28-25-54(26-29-60)35-61(36-54)44(62)34-70-45-24-16-18-30-69-45/h9-14,19-22,37,40-43,45H,15-18,23-36H2,1-8H3,(H,55,67)(H,56,63)(H,57,64)(H,58,65)(H,59,68)/t40-,41-,42-,43-,45?/m1/s1. The van der Waals surface area contributed by atoms with Gasteiger partial charge in [0.15, 0.2) is 6.29 Å². The highest BCUT2D eigenvalue weighted by Gasteiger charge is 2.48. The SMILES string of the molecule is CC(C)C[C@@H](NC(=O)[C@@H](Cc1ccccc1)NC(=O)[C@@H](Cc1ccccc1)NC(=O)OC(C)(C)C)C(=O)N[C@H](CCCCNC(=O)OC(C)(C)C)C(=O)N1CCC2(CC1)CN(C(=O)COC1CCCCO1)C2. The van der Waals surface area contributed by atoms with E-state index >= 15 is 0 Å². The van der Waals surface area contributed by atoms with Gasteiger partial charge in [-0.2, -0.15) is 0 Å². The maximum Gasteiger partial charge on any atom is 0.408 e. The molecule has 0 bridgehead atoms. The lowest BCUT2D eigenvalue weighted by atomic mass is 9.72. The average molecular weight is 1000 g/mol. The van der Waals surface area contributed by atoms with Crippen LogP contribution in [-0.2, 0) is 55.8 Å². The largest absolute Gasteiger partial charge is 0.444 e. The normalized spacial score (nSPS) is 18.4. The van der Waals surface area contributed by atoms with Crippen LogP contribution in [0.2, 0.25) is 0 Å². The van der Waals surface area contributed by atoms with E-state index in [-0.39, 0.29) is 61.7 Å². The van der Waals surface area contributed by atoms with E-state index in [4.69, 9.17) is 18.9 Å². The second-order valence-corrected chi connectivity index (χ2v) is 22.0. The van der Waals surface area contributed by atoms with Gasteiger partial charge < -0.3 is 55.3 Å². The number of hydrogen-bond acceptors (Lipinski definition) is 11. The van der Waals surface area contributed by atoms with E-state index in [0.717, 1.165) is 30.4 Å². The maximum atomic E-state index is 14.5. The van der Waals surface area contributed by atoms with Crippen molar-refractivity contribution >= 4 is 41.7 Å². The highest BCUT2D eigenvalue weighted by molar-refractivity contribution is 5.95. The summed E-state index contributed by atoms with van der Waals surface area (Å²) in [4.78, 5) is 99.7. The zero-order chi connectivity index (χ0) is 52.5. The molecule has 0 aromatic heterocycles. The lowest BCUT2D eigenvalue weighted by molar-refractivity contribution is -0.182. The zero-order valence-electron chi connectivity index (χ0n) is 43.9. The number of hydrogen-bond donors (Lipinski definition) is 5. The molecule has 3 aliphatic rings. The van der Waals surface area contributed by atoms with Crippen LogP contribution < -0.4 is 26.6 Å². The minimum absolute atomic E-state index is 0.0246. The Labute approximate surface area is 426 Å². The molecule has 2 aromatic carbocycles. The Hall–Kier alpha value is -5.75. The fraction of sp³-hybridized carbons (Fsp3) is 0.648. The van der Waals surface area contributed by atoms with Crippen molar-refractivity contribution in [3.05, 3.63) is 71.8 Å². The Bertz CT molecular complexity index is 2090. The van der Waals surface area contributed by atoms with E-state index < -0.39 is 65.3 Å². The summed E-state index contributed by atoms with van der Waals surface area (Å²) < 4.78 is 22.2. The van der Waals surface area contributed by atoms with Gasteiger partial charge in [-0.05, 0) is 116 Å². The number of nitrogens with zero attached hydrogens (tertiary/aromatic N) is 2. The first-order valence-corrected chi connectivity index (χ1v) is 25.8. The summed E-state index contributed by atoms with van der Waals surface area (Å²) in [7, 11) is 0. The lowest BCUT2D eigenvalue weighted by Crippen LogP contribution is -2.64. The molecule has 3 saturated heterocycles. The number of nitrogens with one attached hydrogen (secondary N) is 5. The van der Waals surface area contributed by atoms with E-state index in [1.807, 2.05) is 74.5 Å². The molecule has 18 nitrogen and oxygen atoms in total. The zero-order valence-corrected chi connectivity index (χ0v) is 43.9. The first-order chi connectivity index (χ1) is 34.1. The van der Waals surface area contributed by atoms with Crippen molar-refractivity contribution in [2.24, 2.45) is 11.3 Å². The number of benzene rings is 2. The van der Waals surface area contributed by atoms with Gasteiger partial charge in [-0.1, -0.05) is 74.5 Å². The Morgan fingerprint density at radius 2 is 1.19 bits per heavy atom. The first kappa shape index (κ1) is 57.2. The average Bonchev–Trinajstić information content (AvgIpc) is 3.30. The smallest absolute Gasteiger partial charge is 0.408 e. The quantitative estimate of drug-likeness (QED) is 0.0920. The maximum absolute atomic E-state index is 14.5. The van der Waals surface area contributed by atoms with Gasteiger partial charge in [-0.3, -0.25) is 24.0 Å². The Balaban J connectivity index is 1.28. The predicted molar refractivity (Wildman–Crippen MR) is 271 cm³/mol. The van der Waals surface area contributed by atoms with Crippen LogP contribution >= 0.6 is 0 Å². The van der Waals surface area contributed by atoms with Crippen LogP contribution in [0.1, 0.15) is 124 Å². The minimum atomic E-state index is -1.17. The molecule has 7 amide bonds. The van der Waals surface area contributed by atoms with Gasteiger partial charge in [0.05, 0.1) is 0 Å². The van der Waals surface area contributed by atoms with Crippen LogP contribution in [0.25, 0.3) is 0 Å². The van der Waals surface area contributed by atoms with Crippen molar-refractivity contribution in [1.82, 2.24) is 36.4 Å². The lowest BCUT2D eigenvalue weighted by Gasteiger charge is -2.54. The highest BCUT2D eigenvalue weighted by atomic mass is 16.7. The molecule has 398 valence electrons. The topological polar surface area (TPSA) is 223 Å². The molecule has 72 heavy (non-hydrogen) atoms. The van der Waals surface area contributed by atoms with Crippen LogP contribution in [0.3, 0.4) is 0 Å². The summed E-state index contributed by atoms with van der Waals surface area (Å²) in [6.07, 6.45) is 4.12. The molecule has 0 saturated carbocycles. The number of carbonyl (C=O) groups is 7. The van der Waals surface area contributed by atoms with Gasteiger partial charge in [-0.25, -0.2) is 9.59 Å². The van der Waals surface area contributed by atoms with E-state index in [1.54, 1.807) is 51.3 Å². The van der Waals surface area contributed by atoms with Crippen LogP contribution in [0.4, 0.5) is 9.59 Å². The third-order valence-corrected chi connectivity index (χ3v) is 12.8. The van der Waals surface area contributed by atoms with Gasteiger partial charge in [0.1, 0.15) is 42.0 Å². The molecular formula is C54H81N7O11. The summed E-state index contributed by atoms with van der Waals surface area (Å²) in [5.41, 5.74) is -0.0833. The van der Waals surface area contributed by atoms with Crippen molar-refractivity contribution in [3.8, 4) is 0 Å². The number of amides is 7. The van der Waals surface area contributed by atoms with Crippen molar-refractivity contribution in [3.63, 3.8) is 0 Å². The molecule has 1 spiro atoms. The van der Waals surface area contributed by atoms with E-state index in [9.17, 15) is 33.6 Å². The molecule has 5 N–H and O–H groups in total. The van der Waals surface area contributed by atoms with Crippen LogP contribution in [0, 0.1) is 11.3 Å². The second kappa shape index (κ2) is 26.8. The molecule has 1 unspecified atom stereocenters. The van der Waals surface area contributed by atoms with Crippen molar-refractivity contribution < 1.29 is 52.5 Å². The fourth-order valence-electron chi connectivity index (χ4n) is 9.10. The summed E-state index contributed by atoms with van der Waals surface area (Å²) in [6.45, 7) is 17.3. The van der Waals surface area contributed by atoms with Crippen LogP contribution in [-0.4, -0.2) is 139 Å². The molecule has 3 aliphatic heterocycles. The Morgan fingerprint density at radius 1 is 0.667 bits per heavy atom. The fourth-order valence-corrected chi connectivity index (χ4v) is 9.10. The summed E-state index contributed by atoms with van der Waals surface area (Å²) >= 11 is 0. The van der Waals surface area contributed by atoms with Gasteiger partial charge in [0.2, 0.25) is 29.5 Å². The second-order valence-electron chi connectivity index (χ2n) is 22.0. The molecule has 3 heterocycles. The summed E-state index contributed by atoms with van der Waals surface area (Å²) in [5, 5.41) is 14.2. The van der Waals surface area contributed by atoms with Crippen molar-refractivity contribution in [1.29, 1.82) is 0 Å². The number of carbonyl (C=O) groups excluding carboxylic acids is 7. The Kier molecular flexibility index (Phi) is 21.3. The van der Waals surface area contributed by atoms with Crippen molar-refractivity contribution in [2.45, 2.75) is 168 Å². The molecule has 5 rings (SSSR count). The molecule has 0 aliphatic carbocycles. The third kappa shape index (κ3) is 19.4. The number of piperidine rings is 1. The number of unbranched alkanes of at least 4 members (excludes halogenated alkanes) is 1. The molecule has 5 atom stereocenters. The van der Waals surface area contributed by atoms with Gasteiger partial charge in [0, 0.05) is 57.6 Å². The molecule has 3 fully saturated rings. The molecule has 2 aromatic rings. The summed E-state index contributed by atoms with van der Waals surface area (Å²) in [6, 6.07) is 14.0. The summed E-state index contributed by atoms with van der Waals surface area (Å²) in [5.74, 6) is -2.19. The number of ether oxygens (including phenoxy) is 4. The first-order valence-electron chi connectivity index (χ1n) is 25.8. The number of alkyl carbamates (subject to hydrolysis) is 2. The van der Waals surface area contributed by atoms with Crippen LogP contribution in [0.5, 0.6) is 0 Å². The molecule has 18 heteroatoms. The van der Waals surface area contributed by atoms with Gasteiger partial charge >= 0.3 is 12.2 Å². The predicted octanol–water partition coefficient (Wildman–Crippen LogP) is 5.55. The van der Waals surface area contributed by atoms with E-state index in [1.165, 1.54) is 0 Å². The Morgan fingerprint density at radius 3 is 1.74 bits per heavy atom.